The minimum atomic E-state index is -0.615. The summed E-state index contributed by atoms with van der Waals surface area (Å²) in [7, 11) is 1.31. The number of ether oxygens (including phenoxy) is 2. The molecule has 0 unspecified atom stereocenters. The van der Waals surface area contributed by atoms with E-state index in [-0.39, 0.29) is 5.95 Å². The maximum absolute atomic E-state index is 11.7. The summed E-state index contributed by atoms with van der Waals surface area (Å²) in [4.78, 5) is 30.5. The molecule has 0 aliphatic carbocycles. The molecule has 1 amide bonds. The van der Waals surface area contributed by atoms with Crippen molar-refractivity contribution >= 4 is 45.0 Å². The van der Waals surface area contributed by atoms with Crippen molar-refractivity contribution in [3.8, 4) is 0 Å². The molecule has 0 spiro atoms. The van der Waals surface area contributed by atoms with Crippen LogP contribution < -0.4 is 5.32 Å². The average Bonchev–Trinajstić information content (AvgIpc) is 2.78. The number of esters is 1. The molecule has 7 nitrogen and oxygen atoms in total. The van der Waals surface area contributed by atoms with Crippen LogP contribution in [0.3, 0.4) is 0 Å². The number of imidazole rings is 1. The minimum Gasteiger partial charge on any atom is -0.465 e. The average molecular weight is 370 g/mol. The number of fused-ring (bicyclic) bond motifs is 1. The predicted molar refractivity (Wildman–Crippen MR) is 85.0 cm³/mol. The van der Waals surface area contributed by atoms with Crippen molar-refractivity contribution in [1.29, 1.82) is 0 Å². The van der Waals surface area contributed by atoms with Gasteiger partial charge in [0.15, 0.2) is 0 Å². The van der Waals surface area contributed by atoms with Crippen molar-refractivity contribution in [2.75, 3.05) is 12.4 Å². The number of benzene rings is 1. The van der Waals surface area contributed by atoms with E-state index in [1.165, 1.54) is 7.11 Å². The highest BCUT2D eigenvalue weighted by Crippen LogP contribution is 2.26. The number of amides is 1. The van der Waals surface area contributed by atoms with E-state index in [2.05, 4.69) is 36.0 Å². The molecule has 8 heteroatoms. The first-order valence-corrected chi connectivity index (χ1v) is 7.26. The Morgan fingerprint density at radius 3 is 2.59 bits per heavy atom. The van der Waals surface area contributed by atoms with Gasteiger partial charge in [0.05, 0.1) is 18.2 Å². The molecule has 2 aromatic rings. The van der Waals surface area contributed by atoms with Gasteiger partial charge in [-0.2, -0.15) is 0 Å². The number of carbonyl (C=O) groups is 2. The molecular weight excluding hydrogens is 354 g/mol. The van der Waals surface area contributed by atoms with E-state index in [9.17, 15) is 9.59 Å². The number of halogens is 1. The van der Waals surface area contributed by atoms with Crippen LogP contribution in [0.4, 0.5) is 10.7 Å². The number of aromatic nitrogens is 2. The number of methoxy groups -OCH3 is 1. The monoisotopic (exact) mass is 369 g/mol. The Kier molecular flexibility index (Phi) is 4.41. The highest BCUT2D eigenvalue weighted by molar-refractivity contribution is 9.10. The number of H-pyrrole nitrogens is 1. The zero-order valence-corrected chi connectivity index (χ0v) is 14.2. The summed E-state index contributed by atoms with van der Waals surface area (Å²) in [5.74, 6) is -0.231. The highest BCUT2D eigenvalue weighted by Gasteiger charge is 2.18. The normalized spacial score (nSPS) is 11.3. The van der Waals surface area contributed by atoms with Gasteiger partial charge in [0.1, 0.15) is 11.1 Å². The molecule has 22 heavy (non-hydrogen) atoms. The number of carbonyl (C=O) groups excluding carboxylic acids is 2. The molecule has 0 aliphatic heterocycles. The second-order valence-corrected chi connectivity index (χ2v) is 6.41. The lowest BCUT2D eigenvalue weighted by Crippen LogP contribution is -2.27. The van der Waals surface area contributed by atoms with Crippen molar-refractivity contribution in [2.45, 2.75) is 26.4 Å². The molecule has 0 atom stereocenters. The van der Waals surface area contributed by atoms with Gasteiger partial charge in [-0.1, -0.05) is 0 Å². The summed E-state index contributed by atoms with van der Waals surface area (Å²) in [6.45, 7) is 5.30. The van der Waals surface area contributed by atoms with E-state index in [0.717, 1.165) is 0 Å². The molecular formula is C14H16BrN3O4. The van der Waals surface area contributed by atoms with Crippen LogP contribution >= 0.6 is 15.9 Å². The number of hydrogen-bond donors (Lipinski definition) is 2. The van der Waals surface area contributed by atoms with Crippen molar-refractivity contribution in [3.63, 3.8) is 0 Å². The first-order valence-electron chi connectivity index (χ1n) is 6.47. The van der Waals surface area contributed by atoms with E-state index < -0.39 is 17.7 Å². The quantitative estimate of drug-likeness (QED) is 0.790. The van der Waals surface area contributed by atoms with E-state index >= 15 is 0 Å². The number of aromatic amines is 1. The summed E-state index contributed by atoms with van der Waals surface area (Å²) in [5.41, 5.74) is 0.934. The number of nitrogens with zero attached hydrogens (tertiary/aromatic N) is 1. The number of anilines is 1. The smallest absolute Gasteiger partial charge is 0.414 e. The van der Waals surface area contributed by atoms with Gasteiger partial charge in [0.25, 0.3) is 0 Å². The van der Waals surface area contributed by atoms with Crippen LogP contribution in [-0.2, 0) is 9.47 Å². The third-order valence-electron chi connectivity index (χ3n) is 2.58. The first kappa shape index (κ1) is 16.3. The van der Waals surface area contributed by atoms with E-state index in [1.54, 1.807) is 32.9 Å². The molecule has 118 valence electrons. The zero-order chi connectivity index (χ0) is 16.5. The molecule has 2 rings (SSSR count). The predicted octanol–water partition coefficient (Wildman–Crippen LogP) is 3.46. The topological polar surface area (TPSA) is 93.3 Å². The first-order chi connectivity index (χ1) is 10.2. The fraction of sp³-hybridized carbons (Fsp3) is 0.357. The second kappa shape index (κ2) is 5.96. The van der Waals surface area contributed by atoms with Crippen molar-refractivity contribution in [2.24, 2.45) is 0 Å². The Morgan fingerprint density at radius 2 is 2.00 bits per heavy atom. The Balaban J connectivity index is 2.29. The van der Waals surface area contributed by atoms with Crippen LogP contribution in [0, 0.1) is 0 Å². The SMILES string of the molecule is COC(=O)c1cc(Br)c2nc(NC(=O)OC(C)(C)C)[nH]c2c1. The van der Waals surface area contributed by atoms with Gasteiger partial charge >= 0.3 is 12.1 Å². The third kappa shape index (κ3) is 3.76. The molecule has 0 bridgehead atoms. The third-order valence-corrected chi connectivity index (χ3v) is 3.19. The lowest BCUT2D eigenvalue weighted by atomic mass is 10.2. The molecule has 1 aromatic carbocycles. The Labute approximate surface area is 135 Å². The van der Waals surface area contributed by atoms with Crippen LogP contribution in [0.25, 0.3) is 11.0 Å². The summed E-state index contributed by atoms with van der Waals surface area (Å²) in [5, 5.41) is 2.51. The largest absolute Gasteiger partial charge is 0.465 e. The molecule has 0 aliphatic rings. The van der Waals surface area contributed by atoms with Crippen LogP contribution in [0.2, 0.25) is 0 Å². The lowest BCUT2D eigenvalue weighted by Gasteiger charge is -2.18. The van der Waals surface area contributed by atoms with Gasteiger partial charge in [-0.05, 0) is 48.8 Å². The molecule has 0 fully saturated rings. The number of nitrogens with one attached hydrogen (secondary N) is 2. The maximum Gasteiger partial charge on any atom is 0.414 e. The van der Waals surface area contributed by atoms with E-state index in [1.807, 2.05) is 0 Å². The van der Waals surface area contributed by atoms with Crippen molar-refractivity contribution in [3.05, 3.63) is 22.2 Å². The van der Waals surface area contributed by atoms with Gasteiger partial charge < -0.3 is 14.5 Å². The van der Waals surface area contributed by atoms with Crippen LogP contribution in [0.1, 0.15) is 31.1 Å². The lowest BCUT2D eigenvalue weighted by molar-refractivity contribution is 0.0598. The fourth-order valence-electron chi connectivity index (χ4n) is 1.77. The number of rotatable bonds is 2. The van der Waals surface area contributed by atoms with Gasteiger partial charge in [-0.25, -0.2) is 14.6 Å². The van der Waals surface area contributed by atoms with Gasteiger partial charge in [-0.15, -0.1) is 0 Å². The van der Waals surface area contributed by atoms with Crippen LogP contribution in [0.5, 0.6) is 0 Å². The molecule has 0 radical (unpaired) electrons. The molecule has 1 aromatic heterocycles. The summed E-state index contributed by atoms with van der Waals surface area (Å²) in [6.07, 6.45) is -0.615. The minimum absolute atomic E-state index is 0.229. The van der Waals surface area contributed by atoms with Gasteiger partial charge in [0, 0.05) is 4.47 Å². The van der Waals surface area contributed by atoms with Gasteiger partial charge in [0.2, 0.25) is 5.95 Å². The molecule has 0 saturated carbocycles. The summed E-state index contributed by atoms with van der Waals surface area (Å²) < 4.78 is 10.4. The molecule has 1 heterocycles. The second-order valence-electron chi connectivity index (χ2n) is 5.56. The number of hydrogen-bond acceptors (Lipinski definition) is 5. The molecule has 0 saturated heterocycles. The van der Waals surface area contributed by atoms with Crippen molar-refractivity contribution in [1.82, 2.24) is 9.97 Å². The van der Waals surface area contributed by atoms with Crippen LogP contribution in [-0.4, -0.2) is 34.7 Å². The summed E-state index contributed by atoms with van der Waals surface area (Å²) >= 11 is 3.34. The Morgan fingerprint density at radius 1 is 1.32 bits per heavy atom. The Bertz CT molecular complexity index is 733. The standard InChI is InChI=1S/C14H16BrN3O4/c1-14(2,3)22-13(20)18-12-16-9-6-7(11(19)21-4)5-8(15)10(9)17-12/h5-6H,1-4H3,(H2,16,17,18,20). The van der Waals surface area contributed by atoms with Crippen LogP contribution in [0.15, 0.2) is 16.6 Å². The fourth-order valence-corrected chi connectivity index (χ4v) is 2.32. The molecule has 2 N–H and O–H groups in total. The van der Waals surface area contributed by atoms with E-state index in [4.69, 9.17) is 4.74 Å². The van der Waals surface area contributed by atoms with Crippen molar-refractivity contribution < 1.29 is 19.1 Å². The maximum atomic E-state index is 11.7. The van der Waals surface area contributed by atoms with E-state index in [0.29, 0.717) is 21.1 Å². The summed E-state index contributed by atoms with van der Waals surface area (Å²) in [6, 6.07) is 3.20. The highest BCUT2D eigenvalue weighted by atomic mass is 79.9. The van der Waals surface area contributed by atoms with Gasteiger partial charge in [-0.3, -0.25) is 5.32 Å². The Hall–Kier alpha value is -2.09. The zero-order valence-electron chi connectivity index (χ0n) is 12.6.